The molecule has 2 rings (SSSR count). The molecule has 0 spiro atoms. The smallest absolute Gasteiger partial charge is 0.0972 e. The summed E-state index contributed by atoms with van der Waals surface area (Å²) in [6.45, 7) is 0. The molecule has 0 saturated carbocycles. The molecular weight excluding hydrogens is 224 g/mol. The van der Waals surface area contributed by atoms with E-state index >= 15 is 0 Å². The number of hydrogen-bond donors (Lipinski definition) is 2. The second-order valence-corrected chi connectivity index (χ2v) is 4.10. The van der Waals surface area contributed by atoms with Crippen molar-refractivity contribution in [2.24, 2.45) is 0 Å². The number of hydrogen-bond acceptors (Lipinski definition) is 2. The van der Waals surface area contributed by atoms with Gasteiger partial charge in [0.05, 0.1) is 12.2 Å². The van der Waals surface area contributed by atoms with E-state index in [2.05, 4.69) is 0 Å². The summed E-state index contributed by atoms with van der Waals surface area (Å²) in [5.74, 6) is 0. The summed E-state index contributed by atoms with van der Waals surface area (Å²) in [6, 6.07) is 18.7. The number of rotatable bonds is 4. The van der Waals surface area contributed by atoms with E-state index < -0.39 is 12.2 Å². The molecule has 2 aromatic rings. The topological polar surface area (TPSA) is 40.5 Å². The second-order valence-electron chi connectivity index (χ2n) is 4.10. The lowest BCUT2D eigenvalue weighted by atomic mass is 10.1. The van der Waals surface area contributed by atoms with Gasteiger partial charge in [0.1, 0.15) is 0 Å². The predicted octanol–water partition coefficient (Wildman–Crippen LogP) is 3.01. The molecule has 0 radical (unpaired) electrons. The maximum Gasteiger partial charge on any atom is 0.0972 e. The average molecular weight is 240 g/mol. The van der Waals surface area contributed by atoms with Gasteiger partial charge in [-0.2, -0.15) is 0 Å². The Hall–Kier alpha value is -1.90. The summed E-state index contributed by atoms with van der Waals surface area (Å²) in [6.07, 6.45) is 1.83. The number of aliphatic hydroxyl groups excluding tert-OH is 2. The highest BCUT2D eigenvalue weighted by molar-refractivity contribution is 5.24. The van der Waals surface area contributed by atoms with Crippen molar-refractivity contribution in [1.82, 2.24) is 0 Å². The van der Waals surface area contributed by atoms with Crippen LogP contribution in [0, 0.1) is 0 Å². The molecular formula is C16H16O2. The van der Waals surface area contributed by atoms with Crippen molar-refractivity contribution < 1.29 is 10.2 Å². The fourth-order valence-corrected chi connectivity index (χ4v) is 1.73. The number of benzene rings is 2. The zero-order valence-corrected chi connectivity index (χ0v) is 9.98. The van der Waals surface area contributed by atoms with Crippen LogP contribution in [0.2, 0.25) is 0 Å². The van der Waals surface area contributed by atoms with Crippen LogP contribution in [0.25, 0.3) is 0 Å². The van der Waals surface area contributed by atoms with Crippen LogP contribution in [0.5, 0.6) is 0 Å². The van der Waals surface area contributed by atoms with Crippen molar-refractivity contribution in [2.45, 2.75) is 12.2 Å². The Bertz CT molecular complexity index is 444. The molecule has 2 aromatic carbocycles. The highest BCUT2D eigenvalue weighted by Crippen LogP contribution is 2.18. The third kappa shape index (κ3) is 3.29. The maximum absolute atomic E-state index is 9.92. The molecule has 2 heteroatoms. The summed E-state index contributed by atoms with van der Waals surface area (Å²) in [5, 5.41) is 19.8. The Kier molecular flexibility index (Phi) is 4.29. The first-order chi connectivity index (χ1) is 8.77. The van der Waals surface area contributed by atoms with E-state index in [-0.39, 0.29) is 0 Å². The van der Waals surface area contributed by atoms with Crippen molar-refractivity contribution in [3.05, 3.63) is 83.9 Å². The van der Waals surface area contributed by atoms with Gasteiger partial charge in [-0.25, -0.2) is 0 Å². The fraction of sp³-hybridized carbons (Fsp3) is 0.125. The van der Waals surface area contributed by atoms with E-state index in [1.54, 1.807) is 12.2 Å². The van der Waals surface area contributed by atoms with Gasteiger partial charge in [0.25, 0.3) is 0 Å². The molecule has 2 nitrogen and oxygen atoms in total. The molecule has 0 bridgehead atoms. The highest BCUT2D eigenvalue weighted by Gasteiger charge is 2.05. The summed E-state index contributed by atoms with van der Waals surface area (Å²) < 4.78 is 0. The normalized spacial score (nSPS) is 14.6. The molecule has 0 aromatic heterocycles. The van der Waals surface area contributed by atoms with Crippen LogP contribution in [0.3, 0.4) is 0 Å². The first-order valence-electron chi connectivity index (χ1n) is 5.92. The van der Waals surface area contributed by atoms with E-state index in [9.17, 15) is 10.2 Å². The van der Waals surface area contributed by atoms with Crippen LogP contribution in [-0.4, -0.2) is 10.2 Å². The number of aliphatic hydroxyl groups is 2. The minimum Gasteiger partial charge on any atom is -0.384 e. The van der Waals surface area contributed by atoms with Crippen LogP contribution in [0.15, 0.2) is 72.8 Å². The second kappa shape index (κ2) is 6.15. The molecule has 0 aliphatic rings. The first-order valence-corrected chi connectivity index (χ1v) is 5.92. The Morgan fingerprint density at radius 3 is 1.28 bits per heavy atom. The van der Waals surface area contributed by atoms with Crippen molar-refractivity contribution in [2.75, 3.05) is 0 Å². The van der Waals surface area contributed by atoms with Crippen LogP contribution < -0.4 is 0 Å². The monoisotopic (exact) mass is 240 g/mol. The molecule has 92 valence electrons. The Balaban J connectivity index is 2.03. The Morgan fingerprint density at radius 1 is 0.611 bits per heavy atom. The standard InChI is InChI=1S/C16H16O2/c17-15(13-7-3-1-4-8-13)11-12-16(18)14-9-5-2-6-10-14/h1-12,15-18H/b12-11-/t15-,16+. The van der Waals surface area contributed by atoms with Gasteiger partial charge in [-0.1, -0.05) is 72.8 Å². The summed E-state index contributed by atoms with van der Waals surface area (Å²) >= 11 is 0. The van der Waals surface area contributed by atoms with E-state index in [4.69, 9.17) is 0 Å². The summed E-state index contributed by atoms with van der Waals surface area (Å²) in [4.78, 5) is 0. The predicted molar refractivity (Wildman–Crippen MR) is 71.9 cm³/mol. The molecule has 0 aliphatic heterocycles. The minimum absolute atomic E-state index is 0.690. The highest BCUT2D eigenvalue weighted by atomic mass is 16.3. The molecule has 2 atom stereocenters. The van der Waals surface area contributed by atoms with Crippen LogP contribution >= 0.6 is 0 Å². The summed E-state index contributed by atoms with van der Waals surface area (Å²) in [5.41, 5.74) is 1.63. The van der Waals surface area contributed by atoms with Gasteiger partial charge in [-0.05, 0) is 11.1 Å². The van der Waals surface area contributed by atoms with Gasteiger partial charge in [-0.3, -0.25) is 0 Å². The third-order valence-corrected chi connectivity index (χ3v) is 2.76. The zero-order chi connectivity index (χ0) is 12.8. The minimum atomic E-state index is -0.690. The van der Waals surface area contributed by atoms with Crippen molar-refractivity contribution in [3.63, 3.8) is 0 Å². The van der Waals surface area contributed by atoms with Crippen molar-refractivity contribution in [3.8, 4) is 0 Å². The van der Waals surface area contributed by atoms with E-state index in [0.29, 0.717) is 0 Å². The van der Waals surface area contributed by atoms with E-state index in [0.717, 1.165) is 11.1 Å². The molecule has 0 heterocycles. The van der Waals surface area contributed by atoms with E-state index in [1.807, 2.05) is 60.7 Å². The van der Waals surface area contributed by atoms with Crippen molar-refractivity contribution >= 4 is 0 Å². The van der Waals surface area contributed by atoms with Gasteiger partial charge in [0.2, 0.25) is 0 Å². The van der Waals surface area contributed by atoms with Crippen molar-refractivity contribution in [1.29, 1.82) is 0 Å². The van der Waals surface area contributed by atoms with Gasteiger partial charge in [0.15, 0.2) is 0 Å². The molecule has 2 N–H and O–H groups in total. The SMILES string of the molecule is O[C@H](/C=C\[C@H](O)c1ccccc1)c1ccccc1. The maximum atomic E-state index is 9.92. The van der Waals surface area contributed by atoms with E-state index in [1.165, 1.54) is 0 Å². The molecule has 0 aliphatic carbocycles. The molecule has 0 saturated heterocycles. The summed E-state index contributed by atoms with van der Waals surface area (Å²) in [7, 11) is 0. The van der Waals surface area contributed by atoms with Gasteiger partial charge >= 0.3 is 0 Å². The van der Waals surface area contributed by atoms with Crippen LogP contribution in [0.4, 0.5) is 0 Å². The fourth-order valence-electron chi connectivity index (χ4n) is 1.73. The molecule has 0 amide bonds. The quantitative estimate of drug-likeness (QED) is 0.806. The van der Waals surface area contributed by atoms with Crippen LogP contribution in [0.1, 0.15) is 23.3 Å². The molecule has 18 heavy (non-hydrogen) atoms. The van der Waals surface area contributed by atoms with Gasteiger partial charge in [-0.15, -0.1) is 0 Å². The third-order valence-electron chi connectivity index (χ3n) is 2.76. The average Bonchev–Trinajstić information content (AvgIpc) is 2.46. The lowest BCUT2D eigenvalue weighted by molar-refractivity contribution is 0.212. The largest absolute Gasteiger partial charge is 0.384 e. The Labute approximate surface area is 107 Å². The Morgan fingerprint density at radius 2 is 0.944 bits per heavy atom. The van der Waals surface area contributed by atoms with Crippen LogP contribution in [-0.2, 0) is 0 Å². The zero-order valence-electron chi connectivity index (χ0n) is 9.98. The van der Waals surface area contributed by atoms with Gasteiger partial charge in [0, 0.05) is 0 Å². The lowest BCUT2D eigenvalue weighted by Gasteiger charge is -2.08. The lowest BCUT2D eigenvalue weighted by Crippen LogP contribution is -1.96. The first kappa shape index (κ1) is 12.6. The molecule has 0 fully saturated rings. The molecule has 0 unspecified atom stereocenters. The van der Waals surface area contributed by atoms with Gasteiger partial charge < -0.3 is 10.2 Å².